The molecule has 0 atom stereocenters. The fourth-order valence-electron chi connectivity index (χ4n) is 2.73. The highest BCUT2D eigenvalue weighted by atomic mass is 32.1. The van der Waals surface area contributed by atoms with Gasteiger partial charge in [-0.05, 0) is 35.7 Å². The van der Waals surface area contributed by atoms with Gasteiger partial charge in [0.2, 0.25) is 17.6 Å². The van der Waals surface area contributed by atoms with Crippen LogP contribution < -0.4 is 10.6 Å². The average molecular weight is 468 g/mol. The van der Waals surface area contributed by atoms with Crippen molar-refractivity contribution in [2.75, 3.05) is 10.6 Å². The first kappa shape index (κ1) is 21.8. The topological polar surface area (TPSA) is 110 Å². The predicted octanol–water partition coefficient (Wildman–Crippen LogP) is 4.99. The molecule has 10 heteroatoms. The molecule has 2 amide bonds. The number of amides is 2. The van der Waals surface area contributed by atoms with Crippen LogP contribution in [0.3, 0.4) is 0 Å². The molecule has 1 aromatic carbocycles. The zero-order chi connectivity index (χ0) is 22.7. The molecule has 0 saturated carbocycles. The molecule has 2 N–H and O–H groups in total. The second-order valence-electron chi connectivity index (χ2n) is 8.05. The van der Waals surface area contributed by atoms with Gasteiger partial charge in [-0.2, -0.15) is 4.98 Å². The molecule has 0 aliphatic heterocycles. The van der Waals surface area contributed by atoms with E-state index in [1.54, 1.807) is 23.6 Å². The van der Waals surface area contributed by atoms with Gasteiger partial charge in [0.1, 0.15) is 0 Å². The van der Waals surface area contributed by atoms with E-state index in [0.29, 0.717) is 33.1 Å². The van der Waals surface area contributed by atoms with Gasteiger partial charge in [0.15, 0.2) is 5.13 Å². The molecule has 8 nitrogen and oxygen atoms in total. The number of hydrogen-bond donors (Lipinski definition) is 2. The van der Waals surface area contributed by atoms with E-state index in [1.807, 2.05) is 44.4 Å². The Morgan fingerprint density at radius 3 is 2.47 bits per heavy atom. The molecule has 3 aromatic heterocycles. The summed E-state index contributed by atoms with van der Waals surface area (Å²) < 4.78 is 5.33. The minimum atomic E-state index is -0.221. The van der Waals surface area contributed by atoms with Crippen molar-refractivity contribution in [1.29, 1.82) is 0 Å². The minimum absolute atomic E-state index is 0.104. The number of carbonyl (C=O) groups is 2. The van der Waals surface area contributed by atoms with Crippen LogP contribution in [0.25, 0.3) is 11.4 Å². The Morgan fingerprint density at radius 2 is 1.81 bits per heavy atom. The molecule has 0 aliphatic rings. The fourth-order valence-corrected chi connectivity index (χ4v) is 4.05. The summed E-state index contributed by atoms with van der Waals surface area (Å²) in [5, 5.41) is 13.7. The summed E-state index contributed by atoms with van der Waals surface area (Å²) in [6.07, 6.45) is 0.104. The lowest BCUT2D eigenvalue weighted by molar-refractivity contribution is -0.115. The van der Waals surface area contributed by atoms with Crippen molar-refractivity contribution in [2.45, 2.75) is 32.6 Å². The molecular formula is C22H21N5O3S2. The number of thiazole rings is 1. The molecule has 0 saturated heterocycles. The Kier molecular flexibility index (Phi) is 6.15. The zero-order valence-electron chi connectivity index (χ0n) is 17.7. The second-order valence-corrected chi connectivity index (χ2v) is 9.86. The van der Waals surface area contributed by atoms with Crippen LogP contribution in [-0.4, -0.2) is 26.9 Å². The maximum Gasteiger partial charge on any atom is 0.267 e. The molecule has 4 aromatic rings. The van der Waals surface area contributed by atoms with E-state index < -0.39 is 0 Å². The third-order valence-electron chi connectivity index (χ3n) is 4.35. The molecule has 32 heavy (non-hydrogen) atoms. The number of nitrogens with zero attached hydrogens (tertiary/aromatic N) is 3. The normalized spacial score (nSPS) is 11.3. The Labute approximate surface area is 192 Å². The summed E-state index contributed by atoms with van der Waals surface area (Å²) in [6.45, 7) is 6.02. The summed E-state index contributed by atoms with van der Waals surface area (Å²) >= 11 is 2.64. The monoisotopic (exact) mass is 467 g/mol. The van der Waals surface area contributed by atoms with E-state index in [-0.39, 0.29) is 23.7 Å². The quantitative estimate of drug-likeness (QED) is 0.414. The molecule has 0 unspecified atom stereocenters. The largest absolute Gasteiger partial charge is 0.338 e. The highest BCUT2D eigenvalue weighted by Gasteiger charge is 2.22. The lowest BCUT2D eigenvalue weighted by atomic mass is 9.97. The number of rotatable bonds is 6. The van der Waals surface area contributed by atoms with Gasteiger partial charge in [0, 0.05) is 22.0 Å². The van der Waals surface area contributed by atoms with Crippen molar-refractivity contribution in [3.63, 3.8) is 0 Å². The van der Waals surface area contributed by atoms with Crippen LogP contribution in [-0.2, 0) is 16.6 Å². The average Bonchev–Trinajstić information content (AvgIpc) is 3.50. The van der Waals surface area contributed by atoms with Gasteiger partial charge in [-0.3, -0.25) is 14.9 Å². The van der Waals surface area contributed by atoms with E-state index in [4.69, 9.17) is 4.52 Å². The van der Waals surface area contributed by atoms with Gasteiger partial charge in [-0.1, -0.05) is 32.0 Å². The summed E-state index contributed by atoms with van der Waals surface area (Å²) in [7, 11) is 0. The van der Waals surface area contributed by atoms with Crippen LogP contribution in [0.5, 0.6) is 0 Å². The number of hydrogen-bond acceptors (Lipinski definition) is 8. The predicted molar refractivity (Wildman–Crippen MR) is 125 cm³/mol. The lowest BCUT2D eigenvalue weighted by Crippen LogP contribution is -2.15. The number of carbonyl (C=O) groups excluding carboxylic acids is 2. The maximum atomic E-state index is 12.4. The van der Waals surface area contributed by atoms with E-state index in [1.165, 1.54) is 22.7 Å². The van der Waals surface area contributed by atoms with Crippen LogP contribution in [0.15, 0.2) is 51.7 Å². The lowest BCUT2D eigenvalue weighted by Gasteiger charge is -2.10. The molecule has 0 radical (unpaired) electrons. The minimum Gasteiger partial charge on any atom is -0.338 e. The van der Waals surface area contributed by atoms with Crippen LogP contribution >= 0.6 is 22.7 Å². The van der Waals surface area contributed by atoms with E-state index in [0.717, 1.165) is 5.56 Å². The van der Waals surface area contributed by atoms with Gasteiger partial charge in [-0.25, -0.2) is 4.98 Å². The van der Waals surface area contributed by atoms with Gasteiger partial charge >= 0.3 is 0 Å². The molecule has 3 heterocycles. The summed E-state index contributed by atoms with van der Waals surface area (Å²) in [5.41, 5.74) is 1.82. The molecule has 4 rings (SSSR count). The Hall–Kier alpha value is -3.37. The SMILES string of the molecule is CC(C)(C)c1nc(-c2ccc(NC(=O)Cc3csc(NC(=O)c4cccs4)n3)cc2)no1. The van der Waals surface area contributed by atoms with Crippen molar-refractivity contribution in [1.82, 2.24) is 15.1 Å². The van der Waals surface area contributed by atoms with E-state index in [2.05, 4.69) is 25.8 Å². The van der Waals surface area contributed by atoms with Gasteiger partial charge in [-0.15, -0.1) is 22.7 Å². The molecule has 0 spiro atoms. The number of nitrogens with one attached hydrogen (secondary N) is 2. The van der Waals surface area contributed by atoms with Crippen molar-refractivity contribution in [3.8, 4) is 11.4 Å². The second kappa shape index (κ2) is 9.01. The number of aromatic nitrogens is 3. The van der Waals surface area contributed by atoms with Gasteiger partial charge < -0.3 is 9.84 Å². The molecular weight excluding hydrogens is 446 g/mol. The summed E-state index contributed by atoms with van der Waals surface area (Å²) in [4.78, 5) is 33.9. The zero-order valence-corrected chi connectivity index (χ0v) is 19.3. The van der Waals surface area contributed by atoms with Gasteiger partial charge in [0.05, 0.1) is 17.0 Å². The Morgan fingerprint density at radius 1 is 1.03 bits per heavy atom. The van der Waals surface area contributed by atoms with Crippen LogP contribution in [0.2, 0.25) is 0 Å². The smallest absolute Gasteiger partial charge is 0.267 e. The van der Waals surface area contributed by atoms with Crippen molar-refractivity contribution in [2.24, 2.45) is 0 Å². The third-order valence-corrected chi connectivity index (χ3v) is 6.03. The van der Waals surface area contributed by atoms with Crippen LogP contribution in [0.1, 0.15) is 42.0 Å². The Bertz CT molecular complexity index is 1220. The van der Waals surface area contributed by atoms with Crippen LogP contribution in [0, 0.1) is 0 Å². The molecule has 0 bridgehead atoms. The molecule has 0 fully saturated rings. The summed E-state index contributed by atoms with van der Waals surface area (Å²) in [5.74, 6) is 0.668. The molecule has 0 aliphatic carbocycles. The first-order chi connectivity index (χ1) is 15.3. The van der Waals surface area contributed by atoms with Crippen LogP contribution in [0.4, 0.5) is 10.8 Å². The van der Waals surface area contributed by atoms with Gasteiger partial charge in [0.25, 0.3) is 5.91 Å². The number of benzene rings is 1. The fraction of sp³-hybridized carbons (Fsp3) is 0.227. The summed E-state index contributed by atoms with van der Waals surface area (Å²) in [6, 6.07) is 10.8. The third kappa shape index (κ3) is 5.27. The number of thiophene rings is 1. The maximum absolute atomic E-state index is 12.4. The highest BCUT2D eigenvalue weighted by Crippen LogP contribution is 2.25. The van der Waals surface area contributed by atoms with Crippen molar-refractivity contribution < 1.29 is 14.1 Å². The highest BCUT2D eigenvalue weighted by molar-refractivity contribution is 7.14. The van der Waals surface area contributed by atoms with Crippen molar-refractivity contribution in [3.05, 3.63) is 63.6 Å². The van der Waals surface area contributed by atoms with E-state index in [9.17, 15) is 9.59 Å². The number of anilines is 2. The molecule has 164 valence electrons. The van der Waals surface area contributed by atoms with E-state index >= 15 is 0 Å². The van der Waals surface area contributed by atoms with Crippen molar-refractivity contribution >= 4 is 45.3 Å². The Balaban J connectivity index is 1.33. The first-order valence-corrected chi connectivity index (χ1v) is 11.6. The first-order valence-electron chi connectivity index (χ1n) is 9.82. The standard InChI is InChI=1S/C22H21N5O3S2/c1-22(2,3)20-25-18(27-30-20)13-6-8-14(9-7-13)23-17(28)11-15-12-32-21(24-15)26-19(29)16-5-4-10-31-16/h4-10,12H,11H2,1-3H3,(H,23,28)(H,24,26,29).